The zero-order valence-corrected chi connectivity index (χ0v) is 14.3. The molecule has 0 spiro atoms. The third kappa shape index (κ3) is 2.78. The predicted molar refractivity (Wildman–Crippen MR) is 89.3 cm³/mol. The van der Waals surface area contributed by atoms with Crippen LogP contribution in [0.2, 0.25) is 0 Å². The molecule has 1 unspecified atom stereocenters. The second-order valence-corrected chi connectivity index (χ2v) is 5.93. The lowest BCUT2D eigenvalue weighted by Crippen LogP contribution is -2.18. The average Bonchev–Trinajstić information content (AvgIpc) is 2.82. The topological polar surface area (TPSA) is 81.3 Å². The van der Waals surface area contributed by atoms with Crippen molar-refractivity contribution in [2.45, 2.75) is 26.4 Å². The fourth-order valence-electron chi connectivity index (χ4n) is 3.06. The van der Waals surface area contributed by atoms with Crippen molar-refractivity contribution in [2.75, 3.05) is 6.61 Å². The molecule has 1 atom stereocenters. The van der Waals surface area contributed by atoms with E-state index in [0.29, 0.717) is 28.3 Å². The molecule has 0 saturated heterocycles. The summed E-state index contributed by atoms with van der Waals surface area (Å²) in [7, 11) is 1.68. The first-order chi connectivity index (χ1) is 12.0. The molecule has 3 rings (SSSR count). The van der Waals surface area contributed by atoms with Crippen molar-refractivity contribution in [1.82, 2.24) is 4.57 Å². The minimum Gasteiger partial charge on any atom is -0.488 e. The monoisotopic (exact) mass is 338 g/mol. The van der Waals surface area contributed by atoms with Crippen molar-refractivity contribution in [3.63, 3.8) is 0 Å². The molecule has 1 aliphatic heterocycles. The van der Waals surface area contributed by atoms with Gasteiger partial charge in [0.25, 0.3) is 0 Å². The molecule has 1 aromatic carbocycles. The number of aryl methyl sites for hydroxylation is 1. The zero-order valence-electron chi connectivity index (χ0n) is 14.3. The number of hydrogen-bond acceptors (Lipinski definition) is 5. The molecule has 1 aromatic heterocycles. The van der Waals surface area contributed by atoms with E-state index < -0.39 is 11.9 Å². The van der Waals surface area contributed by atoms with Crippen molar-refractivity contribution in [2.24, 2.45) is 7.05 Å². The number of nitrogens with zero attached hydrogens (tertiary/aromatic N) is 2. The maximum atomic E-state index is 13.0. The Morgan fingerprint density at radius 3 is 2.88 bits per heavy atom. The van der Waals surface area contributed by atoms with Crippen LogP contribution in [0.1, 0.15) is 45.7 Å². The van der Waals surface area contributed by atoms with E-state index in [2.05, 4.69) is 0 Å². The summed E-state index contributed by atoms with van der Waals surface area (Å²) in [5, 5.41) is 9.39. The number of rotatable bonds is 3. The van der Waals surface area contributed by atoms with Crippen molar-refractivity contribution in [3.05, 3.63) is 52.3 Å². The van der Waals surface area contributed by atoms with Crippen molar-refractivity contribution < 1.29 is 19.1 Å². The summed E-state index contributed by atoms with van der Waals surface area (Å²) in [5.41, 5.74) is 2.99. The van der Waals surface area contributed by atoms with Crippen LogP contribution in [-0.2, 0) is 23.2 Å². The van der Waals surface area contributed by atoms with Crippen LogP contribution in [0.5, 0.6) is 5.75 Å². The normalized spacial score (nSPS) is 13.8. The minimum absolute atomic E-state index is 0.184. The van der Waals surface area contributed by atoms with E-state index >= 15 is 0 Å². The lowest BCUT2D eigenvalue weighted by atomic mass is 10.0. The number of carbonyl (C=O) groups is 2. The maximum Gasteiger partial charge on any atom is 0.329 e. The number of hydrogen-bond donors (Lipinski definition) is 0. The second kappa shape index (κ2) is 6.44. The van der Waals surface area contributed by atoms with Crippen LogP contribution < -0.4 is 4.74 Å². The van der Waals surface area contributed by atoms with Gasteiger partial charge in [-0.15, -0.1) is 0 Å². The zero-order chi connectivity index (χ0) is 18.1. The van der Waals surface area contributed by atoms with Crippen LogP contribution in [0.25, 0.3) is 0 Å². The highest BCUT2D eigenvalue weighted by Gasteiger charge is 2.32. The van der Waals surface area contributed by atoms with Crippen molar-refractivity contribution >= 4 is 11.8 Å². The van der Waals surface area contributed by atoms with E-state index in [1.807, 2.05) is 25.1 Å². The average molecular weight is 338 g/mol. The van der Waals surface area contributed by atoms with Gasteiger partial charge in [-0.3, -0.25) is 9.59 Å². The van der Waals surface area contributed by atoms with Gasteiger partial charge in [0.05, 0.1) is 23.9 Å². The SMILES string of the molecule is CCOC(=O)C(C#N)c1cc2c(n1C)C(=O)c1ccc(C)cc1OC2. The van der Waals surface area contributed by atoms with E-state index in [1.54, 1.807) is 30.7 Å². The summed E-state index contributed by atoms with van der Waals surface area (Å²) in [5.74, 6) is -1.34. The molecule has 0 radical (unpaired) electrons. The summed E-state index contributed by atoms with van der Waals surface area (Å²) >= 11 is 0. The van der Waals surface area contributed by atoms with Gasteiger partial charge >= 0.3 is 5.97 Å². The van der Waals surface area contributed by atoms with Crippen LogP contribution >= 0.6 is 0 Å². The lowest BCUT2D eigenvalue weighted by molar-refractivity contribution is -0.143. The summed E-state index contributed by atoms with van der Waals surface area (Å²) in [6.07, 6.45) is 0. The molecule has 0 bridgehead atoms. The van der Waals surface area contributed by atoms with Crippen molar-refractivity contribution in [1.29, 1.82) is 5.26 Å². The maximum absolute atomic E-state index is 13.0. The van der Waals surface area contributed by atoms with Crippen LogP contribution in [0.15, 0.2) is 24.3 Å². The first-order valence-corrected chi connectivity index (χ1v) is 8.00. The van der Waals surface area contributed by atoms with Gasteiger partial charge in [0, 0.05) is 18.3 Å². The number of ketones is 1. The number of aromatic nitrogens is 1. The molecule has 6 heteroatoms. The van der Waals surface area contributed by atoms with Gasteiger partial charge in [-0.05, 0) is 37.6 Å². The molecule has 6 nitrogen and oxygen atoms in total. The minimum atomic E-state index is -1.08. The highest BCUT2D eigenvalue weighted by Crippen LogP contribution is 2.32. The van der Waals surface area contributed by atoms with E-state index in [9.17, 15) is 14.9 Å². The second-order valence-electron chi connectivity index (χ2n) is 5.93. The lowest BCUT2D eigenvalue weighted by Gasteiger charge is -2.12. The van der Waals surface area contributed by atoms with Gasteiger partial charge in [-0.25, -0.2) is 0 Å². The summed E-state index contributed by atoms with van der Waals surface area (Å²) in [4.78, 5) is 25.0. The third-order valence-electron chi connectivity index (χ3n) is 4.28. The van der Waals surface area contributed by atoms with Crippen molar-refractivity contribution in [3.8, 4) is 11.8 Å². The van der Waals surface area contributed by atoms with E-state index in [1.165, 1.54) is 0 Å². The molecule has 128 valence electrons. The fraction of sp³-hybridized carbons (Fsp3) is 0.316. The number of esters is 1. The van der Waals surface area contributed by atoms with E-state index in [-0.39, 0.29) is 19.0 Å². The molecule has 0 amide bonds. The molecular weight excluding hydrogens is 320 g/mol. The van der Waals surface area contributed by atoms with Crippen LogP contribution in [0.3, 0.4) is 0 Å². The van der Waals surface area contributed by atoms with Gasteiger partial charge in [0.15, 0.2) is 5.92 Å². The Hall–Kier alpha value is -3.07. The van der Waals surface area contributed by atoms with Gasteiger partial charge in [0.1, 0.15) is 12.4 Å². The third-order valence-corrected chi connectivity index (χ3v) is 4.28. The summed E-state index contributed by atoms with van der Waals surface area (Å²) in [6, 6.07) is 9.06. The Kier molecular flexibility index (Phi) is 4.32. The molecule has 0 N–H and O–H groups in total. The van der Waals surface area contributed by atoms with Crippen LogP contribution in [-0.4, -0.2) is 22.9 Å². The number of benzene rings is 1. The van der Waals surface area contributed by atoms with E-state index in [4.69, 9.17) is 9.47 Å². The Morgan fingerprint density at radius 2 is 2.20 bits per heavy atom. The Balaban J connectivity index is 2.09. The molecule has 2 heterocycles. The number of nitriles is 1. The smallest absolute Gasteiger partial charge is 0.329 e. The molecule has 25 heavy (non-hydrogen) atoms. The Bertz CT molecular complexity index is 905. The van der Waals surface area contributed by atoms with E-state index in [0.717, 1.165) is 5.56 Å². The molecule has 0 saturated carbocycles. The highest BCUT2D eigenvalue weighted by atomic mass is 16.5. The van der Waals surface area contributed by atoms with Gasteiger partial charge < -0.3 is 14.0 Å². The number of ether oxygens (including phenoxy) is 2. The quantitative estimate of drug-likeness (QED) is 0.804. The first kappa shape index (κ1) is 16.8. The fourth-order valence-corrected chi connectivity index (χ4v) is 3.06. The van der Waals surface area contributed by atoms with Gasteiger partial charge in [0.2, 0.25) is 5.78 Å². The molecule has 0 fully saturated rings. The van der Waals surface area contributed by atoms with Gasteiger partial charge in [-0.2, -0.15) is 5.26 Å². The molecule has 1 aliphatic rings. The molecule has 2 aromatic rings. The summed E-state index contributed by atoms with van der Waals surface area (Å²) in [6.45, 7) is 4.01. The number of fused-ring (bicyclic) bond motifs is 2. The standard InChI is InChI=1S/C19H18N2O4/c1-4-24-19(23)14(9-20)15-8-12-10-25-16-7-11(2)5-6-13(16)18(22)17(12)21(15)3/h5-8,14H,4,10H2,1-3H3. The van der Waals surface area contributed by atoms with Crippen LogP contribution in [0, 0.1) is 18.3 Å². The number of carbonyl (C=O) groups excluding carboxylic acids is 2. The highest BCUT2D eigenvalue weighted by molar-refractivity contribution is 6.11. The Labute approximate surface area is 145 Å². The first-order valence-electron chi connectivity index (χ1n) is 8.00. The molecule has 0 aliphatic carbocycles. The van der Waals surface area contributed by atoms with Gasteiger partial charge in [-0.1, -0.05) is 6.07 Å². The Morgan fingerprint density at radius 1 is 1.44 bits per heavy atom. The largest absolute Gasteiger partial charge is 0.488 e. The molecular formula is C19H18N2O4. The van der Waals surface area contributed by atoms with Crippen LogP contribution in [0.4, 0.5) is 0 Å². The summed E-state index contributed by atoms with van der Waals surface area (Å²) < 4.78 is 12.3. The predicted octanol–water partition coefficient (Wildman–Crippen LogP) is 2.63.